The summed E-state index contributed by atoms with van der Waals surface area (Å²) in [4.78, 5) is 11.9. The molecule has 0 atom stereocenters. The summed E-state index contributed by atoms with van der Waals surface area (Å²) >= 11 is 6.06. The topological polar surface area (TPSA) is 61.4 Å². The first-order valence-electron chi connectivity index (χ1n) is 7.54. The van der Waals surface area contributed by atoms with Crippen LogP contribution in [-0.2, 0) is 17.8 Å². The minimum Gasteiger partial charge on any atom is -0.392 e. The molecule has 0 aliphatic rings. The number of hydrogen-bond donors (Lipinski definition) is 3. The van der Waals surface area contributed by atoms with Gasteiger partial charge in [0.2, 0.25) is 5.91 Å². The third-order valence-electron chi connectivity index (χ3n) is 3.63. The minimum atomic E-state index is -0.0935. The molecule has 0 spiro atoms. The van der Waals surface area contributed by atoms with Gasteiger partial charge >= 0.3 is 0 Å². The molecule has 0 aromatic heterocycles. The van der Waals surface area contributed by atoms with Crippen molar-refractivity contribution in [2.24, 2.45) is 0 Å². The highest BCUT2D eigenvalue weighted by atomic mass is 35.5. The molecule has 1 amide bonds. The van der Waals surface area contributed by atoms with Crippen molar-refractivity contribution in [3.05, 3.63) is 64.2 Å². The van der Waals surface area contributed by atoms with Crippen molar-refractivity contribution < 1.29 is 9.90 Å². The predicted octanol–water partition coefficient (Wildman–Crippen LogP) is 2.91. The second-order valence-corrected chi connectivity index (χ2v) is 5.76. The summed E-state index contributed by atoms with van der Waals surface area (Å²) in [5.41, 5.74) is 3.86. The van der Waals surface area contributed by atoms with Crippen molar-refractivity contribution in [1.29, 1.82) is 0 Å². The highest BCUT2D eigenvalue weighted by Crippen LogP contribution is 2.22. The molecule has 0 fully saturated rings. The summed E-state index contributed by atoms with van der Waals surface area (Å²) in [6, 6.07) is 13.3. The number of aryl methyl sites for hydroxylation is 1. The summed E-state index contributed by atoms with van der Waals surface area (Å²) in [5, 5.41) is 15.5. The molecule has 4 nitrogen and oxygen atoms in total. The van der Waals surface area contributed by atoms with Crippen LogP contribution in [0.4, 0.5) is 5.69 Å². The summed E-state index contributed by atoms with van der Waals surface area (Å²) in [6.07, 6.45) is 0.805. The number of aliphatic hydroxyl groups excluding tert-OH is 1. The molecule has 0 aliphatic carbocycles. The van der Waals surface area contributed by atoms with E-state index in [1.54, 1.807) is 18.2 Å². The van der Waals surface area contributed by atoms with Crippen molar-refractivity contribution in [1.82, 2.24) is 5.32 Å². The molecule has 23 heavy (non-hydrogen) atoms. The molecule has 0 aliphatic heterocycles. The SMILES string of the molecule is Cc1ccccc1CCNC(=O)CNc1cc(CO)ccc1Cl. The maximum Gasteiger partial charge on any atom is 0.239 e. The van der Waals surface area contributed by atoms with E-state index in [1.807, 2.05) is 12.1 Å². The number of rotatable bonds is 7. The number of benzene rings is 2. The molecular weight excluding hydrogens is 312 g/mol. The van der Waals surface area contributed by atoms with E-state index in [4.69, 9.17) is 16.7 Å². The second-order valence-electron chi connectivity index (χ2n) is 5.35. The average molecular weight is 333 g/mol. The Hall–Kier alpha value is -2.04. The standard InChI is InChI=1S/C18H21ClN2O2/c1-13-4-2-3-5-15(13)8-9-20-18(23)11-21-17-10-14(12-22)6-7-16(17)19/h2-7,10,21-22H,8-9,11-12H2,1H3,(H,20,23). The fourth-order valence-corrected chi connectivity index (χ4v) is 2.46. The van der Waals surface area contributed by atoms with E-state index in [9.17, 15) is 4.79 Å². The van der Waals surface area contributed by atoms with Gasteiger partial charge in [0, 0.05) is 6.54 Å². The van der Waals surface area contributed by atoms with Crippen molar-refractivity contribution in [3.63, 3.8) is 0 Å². The van der Waals surface area contributed by atoms with Crippen molar-refractivity contribution in [2.75, 3.05) is 18.4 Å². The van der Waals surface area contributed by atoms with Gasteiger partial charge in [0.05, 0.1) is 23.9 Å². The van der Waals surface area contributed by atoms with Gasteiger partial charge in [0.1, 0.15) is 0 Å². The van der Waals surface area contributed by atoms with Gasteiger partial charge in [0.25, 0.3) is 0 Å². The minimum absolute atomic E-state index is 0.0610. The van der Waals surface area contributed by atoms with Crippen LogP contribution in [0.3, 0.4) is 0 Å². The van der Waals surface area contributed by atoms with E-state index in [0.717, 1.165) is 12.0 Å². The molecule has 0 unspecified atom stereocenters. The van der Waals surface area contributed by atoms with Gasteiger partial charge in [-0.3, -0.25) is 4.79 Å². The van der Waals surface area contributed by atoms with Crippen LogP contribution in [0.15, 0.2) is 42.5 Å². The number of halogens is 1. The third kappa shape index (κ3) is 5.27. The predicted molar refractivity (Wildman–Crippen MR) is 93.8 cm³/mol. The van der Waals surface area contributed by atoms with Gasteiger partial charge in [-0.15, -0.1) is 0 Å². The number of carbonyl (C=O) groups excluding carboxylic acids is 1. The molecule has 5 heteroatoms. The zero-order valence-electron chi connectivity index (χ0n) is 13.1. The van der Waals surface area contributed by atoms with Gasteiger partial charge in [-0.2, -0.15) is 0 Å². The zero-order chi connectivity index (χ0) is 16.7. The van der Waals surface area contributed by atoms with Crippen molar-refractivity contribution >= 4 is 23.2 Å². The van der Waals surface area contributed by atoms with E-state index in [1.165, 1.54) is 11.1 Å². The molecule has 2 aromatic rings. The Labute approximate surface area is 141 Å². The Kier molecular flexibility index (Phi) is 6.44. The first-order valence-corrected chi connectivity index (χ1v) is 7.92. The third-order valence-corrected chi connectivity index (χ3v) is 3.96. The van der Waals surface area contributed by atoms with Gasteiger partial charge in [0.15, 0.2) is 0 Å². The Morgan fingerprint density at radius 2 is 2.00 bits per heavy atom. The van der Waals surface area contributed by atoms with Crippen molar-refractivity contribution in [3.8, 4) is 0 Å². The van der Waals surface area contributed by atoms with Crippen LogP contribution in [0.2, 0.25) is 5.02 Å². The lowest BCUT2D eigenvalue weighted by atomic mass is 10.1. The van der Waals surface area contributed by atoms with E-state index in [0.29, 0.717) is 17.3 Å². The van der Waals surface area contributed by atoms with E-state index in [2.05, 4.69) is 29.7 Å². The Morgan fingerprint density at radius 1 is 1.22 bits per heavy atom. The normalized spacial score (nSPS) is 10.4. The van der Waals surface area contributed by atoms with Crippen LogP contribution in [0, 0.1) is 6.92 Å². The summed E-state index contributed by atoms with van der Waals surface area (Å²) in [5.74, 6) is -0.0935. The zero-order valence-corrected chi connectivity index (χ0v) is 13.9. The first kappa shape index (κ1) is 17.3. The summed E-state index contributed by atoms with van der Waals surface area (Å²) < 4.78 is 0. The molecule has 3 N–H and O–H groups in total. The summed E-state index contributed by atoms with van der Waals surface area (Å²) in [6.45, 7) is 2.74. The van der Waals surface area contributed by atoms with E-state index >= 15 is 0 Å². The molecule has 0 saturated heterocycles. The highest BCUT2D eigenvalue weighted by Gasteiger charge is 2.05. The summed E-state index contributed by atoms with van der Waals surface area (Å²) in [7, 11) is 0. The van der Waals surface area contributed by atoms with Gasteiger partial charge in [-0.1, -0.05) is 41.9 Å². The maximum absolute atomic E-state index is 11.9. The number of carbonyl (C=O) groups is 1. The van der Waals surface area contributed by atoms with E-state index < -0.39 is 0 Å². The molecule has 2 rings (SSSR count). The monoisotopic (exact) mass is 332 g/mol. The first-order chi connectivity index (χ1) is 11.1. The number of anilines is 1. The van der Waals surface area contributed by atoms with Crippen LogP contribution < -0.4 is 10.6 Å². The molecule has 0 saturated carbocycles. The lowest BCUT2D eigenvalue weighted by Crippen LogP contribution is -2.31. The fourth-order valence-electron chi connectivity index (χ4n) is 2.27. The Bertz CT molecular complexity index is 674. The molecule has 122 valence electrons. The average Bonchev–Trinajstić information content (AvgIpc) is 2.56. The van der Waals surface area contributed by atoms with Gasteiger partial charge in [-0.05, 0) is 42.2 Å². The number of hydrogen-bond acceptors (Lipinski definition) is 3. The maximum atomic E-state index is 11.9. The molecule has 0 radical (unpaired) electrons. The van der Waals surface area contributed by atoms with Crippen LogP contribution in [-0.4, -0.2) is 24.1 Å². The van der Waals surface area contributed by atoms with E-state index in [-0.39, 0.29) is 19.1 Å². The molecule has 2 aromatic carbocycles. The lowest BCUT2D eigenvalue weighted by molar-refractivity contribution is -0.119. The van der Waals surface area contributed by atoms with Gasteiger partial charge in [-0.25, -0.2) is 0 Å². The lowest BCUT2D eigenvalue weighted by Gasteiger charge is -2.11. The van der Waals surface area contributed by atoms with Gasteiger partial charge < -0.3 is 15.7 Å². The molecule has 0 heterocycles. The van der Waals surface area contributed by atoms with Crippen LogP contribution in [0.25, 0.3) is 0 Å². The van der Waals surface area contributed by atoms with Crippen molar-refractivity contribution in [2.45, 2.75) is 20.0 Å². The Balaban J connectivity index is 1.78. The largest absolute Gasteiger partial charge is 0.392 e. The molecular formula is C18H21ClN2O2. The smallest absolute Gasteiger partial charge is 0.239 e. The van der Waals surface area contributed by atoms with Crippen LogP contribution in [0.1, 0.15) is 16.7 Å². The second kappa shape index (κ2) is 8.56. The number of nitrogens with one attached hydrogen (secondary N) is 2. The molecule has 0 bridgehead atoms. The van der Waals surface area contributed by atoms with Crippen LogP contribution in [0.5, 0.6) is 0 Å². The number of aliphatic hydroxyl groups is 1. The van der Waals surface area contributed by atoms with Crippen LogP contribution >= 0.6 is 11.6 Å². The highest BCUT2D eigenvalue weighted by molar-refractivity contribution is 6.33. The Morgan fingerprint density at radius 3 is 2.74 bits per heavy atom. The fraction of sp³-hybridized carbons (Fsp3) is 0.278. The number of amides is 1. The quantitative estimate of drug-likeness (QED) is 0.730.